The minimum atomic E-state index is -1.81. The van der Waals surface area contributed by atoms with E-state index in [1.807, 2.05) is 46.7 Å². The monoisotopic (exact) mass is 686 g/mol. The van der Waals surface area contributed by atoms with E-state index in [1.54, 1.807) is 20.8 Å². The highest BCUT2D eigenvalue weighted by molar-refractivity contribution is 5.81. The van der Waals surface area contributed by atoms with E-state index in [0.29, 0.717) is 24.5 Å². The van der Waals surface area contributed by atoms with Gasteiger partial charge in [-0.3, -0.25) is 4.79 Å². The number of methoxy groups -OCH3 is 1. The molecule has 4 aliphatic heterocycles. The van der Waals surface area contributed by atoms with Gasteiger partial charge in [0.1, 0.15) is 48.0 Å². The molecule has 0 aromatic rings. The van der Waals surface area contributed by atoms with Gasteiger partial charge in [0.2, 0.25) is 0 Å². The van der Waals surface area contributed by atoms with E-state index in [4.69, 9.17) is 33.2 Å². The van der Waals surface area contributed by atoms with Crippen molar-refractivity contribution in [2.45, 2.75) is 147 Å². The molecule has 0 amide bonds. The lowest BCUT2D eigenvalue weighted by atomic mass is 9.79. The average Bonchev–Trinajstić information content (AvgIpc) is 3.31. The van der Waals surface area contributed by atoms with Crippen LogP contribution in [0.5, 0.6) is 0 Å². The third-order valence-electron chi connectivity index (χ3n) is 10.4. The number of cyclic esters (lactones) is 1. The van der Waals surface area contributed by atoms with Gasteiger partial charge in [0.05, 0.1) is 37.7 Å². The number of likely N-dealkylation sites (N-methyl/N-ethyl adjacent to an activating group) is 1. The molecule has 2 fully saturated rings. The van der Waals surface area contributed by atoms with Crippen molar-refractivity contribution in [3.63, 3.8) is 0 Å². The van der Waals surface area contributed by atoms with Crippen LogP contribution < -0.4 is 0 Å². The Morgan fingerprint density at radius 2 is 1.69 bits per heavy atom. The summed E-state index contributed by atoms with van der Waals surface area (Å²) in [5, 5.41) is 44.2. The molecule has 7 unspecified atom stereocenters. The van der Waals surface area contributed by atoms with Crippen LogP contribution in [0.4, 0.5) is 0 Å². The molecule has 14 nitrogen and oxygen atoms in total. The van der Waals surface area contributed by atoms with Gasteiger partial charge < -0.3 is 58.5 Å². The van der Waals surface area contributed by atoms with Crippen LogP contribution in [0.2, 0.25) is 0 Å². The SMILES string of the molecule is COC1=C(O)C(C)OC(O[C@@H]2[C@@H](C)[C@@H](OC3OC(C)CC(N(C)C)C3O)[C@]3(C)CC(C)C(=N[C@@H](C)[C@H](O)[C@](C)(O)COC(=O)[C@@H]2C)O3)C1. The van der Waals surface area contributed by atoms with Crippen LogP contribution in [0.1, 0.15) is 74.7 Å². The summed E-state index contributed by atoms with van der Waals surface area (Å²) >= 11 is 0. The predicted molar refractivity (Wildman–Crippen MR) is 174 cm³/mol. The fraction of sp³-hybridized carbons (Fsp3) is 0.882. The maximum Gasteiger partial charge on any atom is 0.311 e. The number of rotatable bonds is 6. The standard InChI is InChI=1S/C34H58N2O12/c1-16-14-34(8)29(47-32-26(38)22(36(9)10)12-17(2)44-32)18(3)27(46-24-13-23(42-11)25(37)21(6)45-24)19(4)31(40)43-15-33(7,41)28(39)20(5)35-30(16)48-34/h16-22,24,26-29,32,37-39,41H,12-15H2,1-11H3/t16?,17?,18-,19-,20+,21?,22?,24?,26?,27-,28+,29-,32?,33-,34+/m1/s1. The summed E-state index contributed by atoms with van der Waals surface area (Å²) in [6.45, 7) is 13.5. The third kappa shape index (κ3) is 8.12. The van der Waals surface area contributed by atoms with Gasteiger partial charge in [-0.2, -0.15) is 0 Å². The Morgan fingerprint density at radius 3 is 2.31 bits per heavy atom. The number of ether oxygens (including phenoxy) is 7. The Balaban J connectivity index is 1.80. The lowest BCUT2D eigenvalue weighted by molar-refractivity contribution is -0.301. The molecule has 0 aromatic heterocycles. The van der Waals surface area contributed by atoms with Gasteiger partial charge in [-0.05, 0) is 62.1 Å². The first kappa shape index (κ1) is 38.8. The van der Waals surface area contributed by atoms with Crippen molar-refractivity contribution in [1.29, 1.82) is 0 Å². The molecule has 0 aromatic carbocycles. The van der Waals surface area contributed by atoms with Gasteiger partial charge in [-0.25, -0.2) is 4.99 Å². The van der Waals surface area contributed by atoms with Crippen molar-refractivity contribution in [2.75, 3.05) is 27.8 Å². The summed E-state index contributed by atoms with van der Waals surface area (Å²) < 4.78 is 43.3. The molecule has 4 rings (SSSR count). The van der Waals surface area contributed by atoms with Crippen LogP contribution in [0, 0.1) is 17.8 Å². The number of carbonyl (C=O) groups excluding carboxylic acids is 1. The summed E-state index contributed by atoms with van der Waals surface area (Å²) in [7, 11) is 5.25. The molecular formula is C34H58N2O12. The minimum absolute atomic E-state index is 0.0410. The Hall–Kier alpha value is -2.04. The molecule has 48 heavy (non-hydrogen) atoms. The first-order valence-corrected chi connectivity index (χ1v) is 17.1. The maximum atomic E-state index is 13.7. The van der Waals surface area contributed by atoms with Crippen LogP contribution in [0.15, 0.2) is 16.5 Å². The first-order chi connectivity index (χ1) is 22.3. The molecular weight excluding hydrogens is 628 g/mol. The van der Waals surface area contributed by atoms with E-state index in [2.05, 4.69) is 4.99 Å². The number of aliphatic hydroxyl groups is 4. The Kier molecular flexibility index (Phi) is 12.2. The molecule has 276 valence electrons. The molecule has 4 aliphatic rings. The summed E-state index contributed by atoms with van der Waals surface area (Å²) in [5.41, 5.74) is -2.87. The summed E-state index contributed by atoms with van der Waals surface area (Å²) in [4.78, 5) is 20.3. The van der Waals surface area contributed by atoms with E-state index >= 15 is 0 Å². The zero-order valence-corrected chi connectivity index (χ0v) is 30.3. The van der Waals surface area contributed by atoms with E-state index in [-0.39, 0.29) is 30.2 Å². The second-order valence-corrected chi connectivity index (χ2v) is 14.9. The quantitative estimate of drug-likeness (QED) is 0.300. The van der Waals surface area contributed by atoms with Crippen molar-refractivity contribution >= 4 is 11.9 Å². The van der Waals surface area contributed by atoms with Crippen molar-refractivity contribution in [1.82, 2.24) is 4.90 Å². The van der Waals surface area contributed by atoms with Gasteiger partial charge in [0.25, 0.3) is 0 Å². The number of nitrogens with zero attached hydrogens (tertiary/aromatic N) is 2. The van der Waals surface area contributed by atoms with E-state index in [0.717, 1.165) is 0 Å². The molecule has 0 aliphatic carbocycles. The number of carbonyl (C=O) groups is 1. The number of hydrogen-bond donors (Lipinski definition) is 4. The van der Waals surface area contributed by atoms with Gasteiger partial charge >= 0.3 is 5.97 Å². The predicted octanol–water partition coefficient (Wildman–Crippen LogP) is 2.28. The fourth-order valence-corrected chi connectivity index (χ4v) is 7.52. The number of esters is 1. The minimum Gasteiger partial charge on any atom is -0.506 e. The summed E-state index contributed by atoms with van der Waals surface area (Å²) in [5.74, 6) is -1.78. The highest BCUT2D eigenvalue weighted by Crippen LogP contribution is 2.43. The van der Waals surface area contributed by atoms with Gasteiger partial charge in [-0.1, -0.05) is 13.8 Å². The molecule has 4 heterocycles. The Labute approximate surface area is 284 Å². The third-order valence-corrected chi connectivity index (χ3v) is 10.4. The topological polar surface area (TPSA) is 178 Å². The van der Waals surface area contributed by atoms with Gasteiger partial charge in [0.15, 0.2) is 24.2 Å². The van der Waals surface area contributed by atoms with Crippen molar-refractivity contribution in [2.24, 2.45) is 22.7 Å². The zero-order valence-electron chi connectivity index (χ0n) is 30.3. The van der Waals surface area contributed by atoms with Gasteiger partial charge in [-0.15, -0.1) is 0 Å². The normalized spacial score (nSPS) is 46.4. The number of aliphatic hydroxyl groups excluding tert-OH is 3. The lowest BCUT2D eigenvalue weighted by Crippen LogP contribution is -2.59. The lowest BCUT2D eigenvalue weighted by Gasteiger charge is -2.47. The van der Waals surface area contributed by atoms with Crippen LogP contribution in [-0.4, -0.2) is 137 Å². The van der Waals surface area contributed by atoms with Crippen molar-refractivity contribution < 1.29 is 58.4 Å². The van der Waals surface area contributed by atoms with Crippen LogP contribution in [0.25, 0.3) is 0 Å². The fourth-order valence-electron chi connectivity index (χ4n) is 7.52. The summed E-state index contributed by atoms with van der Waals surface area (Å²) in [6, 6.07) is -1.03. The summed E-state index contributed by atoms with van der Waals surface area (Å²) in [6.07, 6.45) is -5.91. The van der Waals surface area contributed by atoms with Crippen LogP contribution >= 0.6 is 0 Å². The van der Waals surface area contributed by atoms with Crippen molar-refractivity contribution in [3.05, 3.63) is 11.5 Å². The molecule has 0 radical (unpaired) electrons. The number of fused-ring (bicyclic) bond motifs is 2. The Morgan fingerprint density at radius 1 is 1.02 bits per heavy atom. The zero-order chi connectivity index (χ0) is 35.9. The maximum absolute atomic E-state index is 13.7. The largest absolute Gasteiger partial charge is 0.506 e. The number of hydrogen-bond acceptors (Lipinski definition) is 14. The molecule has 2 saturated heterocycles. The first-order valence-electron chi connectivity index (χ1n) is 17.1. The highest BCUT2D eigenvalue weighted by atomic mass is 16.7. The molecule has 15 atom stereocenters. The Bertz CT molecular complexity index is 1190. The second-order valence-electron chi connectivity index (χ2n) is 14.9. The van der Waals surface area contributed by atoms with Gasteiger partial charge in [0, 0.05) is 24.3 Å². The van der Waals surface area contributed by atoms with E-state index in [9.17, 15) is 25.2 Å². The van der Waals surface area contributed by atoms with Crippen LogP contribution in [-0.2, 0) is 38.0 Å². The molecule has 14 heteroatoms. The molecule has 2 bridgehead atoms. The van der Waals surface area contributed by atoms with Crippen molar-refractivity contribution in [3.8, 4) is 0 Å². The highest BCUT2D eigenvalue weighted by Gasteiger charge is 2.54. The molecule has 0 spiro atoms. The molecule has 4 N–H and O–H groups in total. The van der Waals surface area contributed by atoms with E-state index in [1.165, 1.54) is 14.0 Å². The molecule has 0 saturated carbocycles. The number of aliphatic imine (C=N–C) groups is 1. The average molecular weight is 687 g/mol. The van der Waals surface area contributed by atoms with E-state index < -0.39 is 84.8 Å². The smallest absolute Gasteiger partial charge is 0.311 e. The second kappa shape index (κ2) is 15.1. The van der Waals surface area contributed by atoms with Crippen LogP contribution in [0.3, 0.4) is 0 Å².